The van der Waals surface area contributed by atoms with Crippen molar-refractivity contribution in [1.82, 2.24) is 9.55 Å². The highest BCUT2D eigenvalue weighted by atomic mass is 16.3. The number of aryl methyl sites for hydroxylation is 1. The molecule has 1 atom stereocenters. The van der Waals surface area contributed by atoms with E-state index < -0.39 is 5.60 Å². The maximum Gasteiger partial charge on any atom is 0.122 e. The average Bonchev–Trinajstić information content (AvgIpc) is 2.35. The molecule has 0 aromatic carbocycles. The zero-order valence-corrected chi connectivity index (χ0v) is 7.90. The second-order valence-corrected chi connectivity index (χ2v) is 3.50. The fourth-order valence-electron chi connectivity index (χ4n) is 1.16. The normalized spacial score (nSPS) is 15.3. The van der Waals surface area contributed by atoms with Crippen LogP contribution in [-0.4, -0.2) is 26.5 Å². The van der Waals surface area contributed by atoms with E-state index >= 15 is 0 Å². The quantitative estimate of drug-likeness (QED) is 0.681. The summed E-state index contributed by atoms with van der Waals surface area (Å²) < 4.78 is 1.83. The molecule has 0 aliphatic rings. The molecule has 1 unspecified atom stereocenters. The monoisotopic (exact) mass is 182 g/mol. The smallest absolute Gasteiger partial charge is 0.122 e. The van der Waals surface area contributed by atoms with E-state index in [1.54, 1.807) is 13.1 Å². The lowest BCUT2D eigenvalue weighted by atomic mass is 9.99. The molecular weight excluding hydrogens is 168 g/mol. The molecule has 1 aromatic rings. The number of carbonyl (C=O) groups excluding carboxylic acids is 1. The number of carbonyl (C=O) groups is 1. The van der Waals surface area contributed by atoms with Gasteiger partial charge in [-0.25, -0.2) is 4.98 Å². The van der Waals surface area contributed by atoms with E-state index in [1.165, 1.54) is 0 Å². The minimum Gasteiger partial charge on any atom is -0.389 e. The third-order valence-electron chi connectivity index (χ3n) is 1.98. The Morgan fingerprint density at radius 2 is 2.46 bits per heavy atom. The summed E-state index contributed by atoms with van der Waals surface area (Å²) in [5.74, 6) is 0.784. The van der Waals surface area contributed by atoms with Crippen LogP contribution in [0.2, 0.25) is 0 Å². The summed E-state index contributed by atoms with van der Waals surface area (Å²) in [7, 11) is 1.86. The molecule has 4 nitrogen and oxygen atoms in total. The topological polar surface area (TPSA) is 55.1 Å². The Hall–Kier alpha value is -1.16. The number of aliphatic hydroxyl groups is 1. The SMILES string of the molecule is Cn1ccnc1CC(C)(O)CC=O. The molecule has 13 heavy (non-hydrogen) atoms. The molecule has 0 bridgehead atoms. The molecule has 1 N–H and O–H groups in total. The van der Waals surface area contributed by atoms with Crippen LogP contribution in [0.1, 0.15) is 19.2 Å². The van der Waals surface area contributed by atoms with Crippen molar-refractivity contribution in [2.24, 2.45) is 7.05 Å². The van der Waals surface area contributed by atoms with E-state index in [0.29, 0.717) is 6.42 Å². The molecule has 0 radical (unpaired) electrons. The summed E-state index contributed by atoms with van der Waals surface area (Å²) in [6.45, 7) is 1.64. The first-order valence-electron chi connectivity index (χ1n) is 4.17. The Morgan fingerprint density at radius 3 is 2.92 bits per heavy atom. The second kappa shape index (κ2) is 3.70. The van der Waals surface area contributed by atoms with Crippen molar-refractivity contribution >= 4 is 6.29 Å². The Labute approximate surface area is 77.2 Å². The highest BCUT2D eigenvalue weighted by Gasteiger charge is 2.22. The minimum absolute atomic E-state index is 0.139. The van der Waals surface area contributed by atoms with Gasteiger partial charge < -0.3 is 14.5 Å². The van der Waals surface area contributed by atoms with Crippen LogP contribution < -0.4 is 0 Å². The number of aldehydes is 1. The highest BCUT2D eigenvalue weighted by Crippen LogP contribution is 2.13. The zero-order chi connectivity index (χ0) is 9.90. The van der Waals surface area contributed by atoms with Gasteiger partial charge in [0.1, 0.15) is 12.1 Å². The van der Waals surface area contributed by atoms with Crippen molar-refractivity contribution in [2.45, 2.75) is 25.4 Å². The fourth-order valence-corrected chi connectivity index (χ4v) is 1.16. The van der Waals surface area contributed by atoms with Crippen LogP contribution >= 0.6 is 0 Å². The van der Waals surface area contributed by atoms with Gasteiger partial charge in [0, 0.05) is 32.3 Å². The predicted molar refractivity (Wildman–Crippen MR) is 48.2 cm³/mol. The van der Waals surface area contributed by atoms with Gasteiger partial charge in [-0.2, -0.15) is 0 Å². The van der Waals surface area contributed by atoms with E-state index in [2.05, 4.69) is 4.98 Å². The van der Waals surface area contributed by atoms with Crippen LogP contribution in [0.3, 0.4) is 0 Å². The van der Waals surface area contributed by atoms with Gasteiger partial charge in [0.2, 0.25) is 0 Å². The van der Waals surface area contributed by atoms with E-state index in [-0.39, 0.29) is 6.42 Å². The summed E-state index contributed by atoms with van der Waals surface area (Å²) in [6, 6.07) is 0. The second-order valence-electron chi connectivity index (χ2n) is 3.50. The van der Waals surface area contributed by atoms with Crippen molar-refractivity contribution < 1.29 is 9.90 Å². The van der Waals surface area contributed by atoms with Crippen LogP contribution in [0.25, 0.3) is 0 Å². The number of nitrogens with zero attached hydrogens (tertiary/aromatic N) is 2. The van der Waals surface area contributed by atoms with Crippen molar-refractivity contribution in [3.63, 3.8) is 0 Å². The summed E-state index contributed by atoms with van der Waals surface area (Å²) >= 11 is 0. The van der Waals surface area contributed by atoms with Crippen LogP contribution in [-0.2, 0) is 18.3 Å². The Balaban J connectivity index is 2.68. The Morgan fingerprint density at radius 1 is 1.77 bits per heavy atom. The van der Waals surface area contributed by atoms with Crippen LogP contribution in [0, 0.1) is 0 Å². The molecule has 0 saturated heterocycles. The Bertz CT molecular complexity index is 292. The van der Waals surface area contributed by atoms with Gasteiger partial charge in [-0.05, 0) is 6.92 Å². The molecular formula is C9H14N2O2. The number of hydrogen-bond acceptors (Lipinski definition) is 3. The van der Waals surface area contributed by atoms with Gasteiger partial charge in [-0.15, -0.1) is 0 Å². The summed E-state index contributed by atoms with van der Waals surface area (Å²) in [5, 5.41) is 9.73. The van der Waals surface area contributed by atoms with Crippen molar-refractivity contribution in [3.8, 4) is 0 Å². The zero-order valence-electron chi connectivity index (χ0n) is 7.90. The average molecular weight is 182 g/mol. The lowest BCUT2D eigenvalue weighted by Crippen LogP contribution is -2.29. The van der Waals surface area contributed by atoms with Crippen molar-refractivity contribution in [1.29, 1.82) is 0 Å². The number of imidazole rings is 1. The molecule has 1 heterocycles. The van der Waals surface area contributed by atoms with Gasteiger partial charge in [-0.1, -0.05) is 0 Å². The summed E-state index contributed by atoms with van der Waals surface area (Å²) in [4.78, 5) is 14.3. The third-order valence-corrected chi connectivity index (χ3v) is 1.98. The van der Waals surface area contributed by atoms with Crippen LogP contribution in [0.15, 0.2) is 12.4 Å². The van der Waals surface area contributed by atoms with Gasteiger partial charge >= 0.3 is 0 Å². The molecule has 72 valence electrons. The van der Waals surface area contributed by atoms with E-state index in [9.17, 15) is 9.90 Å². The fraction of sp³-hybridized carbons (Fsp3) is 0.556. The molecule has 4 heteroatoms. The van der Waals surface area contributed by atoms with Crippen LogP contribution in [0.4, 0.5) is 0 Å². The lowest BCUT2D eigenvalue weighted by molar-refractivity contribution is -0.111. The standard InChI is InChI=1S/C9H14N2O2/c1-9(13,3-6-12)7-8-10-4-5-11(8)2/h4-6,13H,3,7H2,1-2H3. The lowest BCUT2D eigenvalue weighted by Gasteiger charge is -2.19. The molecule has 1 aromatic heterocycles. The summed E-state index contributed by atoms with van der Waals surface area (Å²) in [5.41, 5.74) is -0.985. The Kier molecular flexibility index (Phi) is 2.83. The predicted octanol–water partition coefficient (Wildman–Crippen LogP) is 0.303. The van der Waals surface area contributed by atoms with Gasteiger partial charge in [-0.3, -0.25) is 0 Å². The first-order valence-corrected chi connectivity index (χ1v) is 4.17. The molecule has 0 amide bonds. The van der Waals surface area contributed by atoms with Crippen molar-refractivity contribution in [3.05, 3.63) is 18.2 Å². The molecule has 0 fully saturated rings. The van der Waals surface area contributed by atoms with E-state index in [4.69, 9.17) is 0 Å². The van der Waals surface area contributed by atoms with Gasteiger partial charge in [0.05, 0.1) is 5.60 Å². The van der Waals surface area contributed by atoms with E-state index in [1.807, 2.05) is 17.8 Å². The maximum atomic E-state index is 10.2. The first-order chi connectivity index (χ1) is 6.05. The molecule has 0 spiro atoms. The summed E-state index contributed by atoms with van der Waals surface area (Å²) in [6.07, 6.45) is 4.75. The molecule has 0 aliphatic carbocycles. The molecule has 0 aliphatic heterocycles. The molecule has 0 saturated carbocycles. The third kappa shape index (κ3) is 2.66. The minimum atomic E-state index is -0.985. The molecule has 1 rings (SSSR count). The number of hydrogen-bond donors (Lipinski definition) is 1. The highest BCUT2D eigenvalue weighted by molar-refractivity contribution is 5.51. The van der Waals surface area contributed by atoms with Gasteiger partial charge in [0.25, 0.3) is 0 Å². The van der Waals surface area contributed by atoms with Crippen molar-refractivity contribution in [2.75, 3.05) is 0 Å². The first kappa shape index (κ1) is 9.92. The van der Waals surface area contributed by atoms with Gasteiger partial charge in [0.15, 0.2) is 0 Å². The number of aromatic nitrogens is 2. The maximum absolute atomic E-state index is 10.2. The number of rotatable bonds is 4. The van der Waals surface area contributed by atoms with E-state index in [0.717, 1.165) is 12.1 Å². The van der Waals surface area contributed by atoms with Crippen LogP contribution in [0.5, 0.6) is 0 Å². The largest absolute Gasteiger partial charge is 0.389 e.